The highest BCUT2D eigenvalue weighted by atomic mass is 16.4. The zero-order chi connectivity index (χ0) is 13.4. The molecule has 0 aliphatic heterocycles. The Kier molecular flexibility index (Phi) is 6.28. The lowest BCUT2D eigenvalue weighted by atomic mass is 10.1. The summed E-state index contributed by atoms with van der Waals surface area (Å²) in [5, 5.41) is 15.1. The highest BCUT2D eigenvalue weighted by Gasteiger charge is 2.12. The average molecular weight is 253 g/mol. The Balaban J connectivity index is 2.30. The van der Waals surface area contributed by atoms with Gasteiger partial charge in [0.25, 0.3) is 0 Å². The number of hydrogen-bond acceptors (Lipinski definition) is 4. The lowest BCUT2D eigenvalue weighted by Crippen LogP contribution is -2.39. The van der Waals surface area contributed by atoms with Crippen LogP contribution in [0, 0.1) is 0 Å². The fourth-order valence-corrected chi connectivity index (χ4v) is 1.91. The molecule has 1 rings (SSSR count). The van der Waals surface area contributed by atoms with Crippen LogP contribution in [0.4, 0.5) is 0 Å². The van der Waals surface area contributed by atoms with Crippen LogP contribution in [0.3, 0.4) is 0 Å². The minimum absolute atomic E-state index is 0.243. The second-order valence-electron chi connectivity index (χ2n) is 4.59. The molecule has 2 atom stereocenters. The number of oxime groups is 1. The summed E-state index contributed by atoms with van der Waals surface area (Å²) < 4.78 is 5.30. The molecule has 0 radical (unpaired) electrons. The van der Waals surface area contributed by atoms with Gasteiger partial charge in [-0.15, -0.1) is 0 Å². The molecule has 1 aromatic rings. The second-order valence-corrected chi connectivity index (χ2v) is 4.59. The highest BCUT2D eigenvalue weighted by molar-refractivity contribution is 5.80. The number of rotatable bonds is 8. The number of amidine groups is 1. The van der Waals surface area contributed by atoms with Gasteiger partial charge in [0.1, 0.15) is 11.6 Å². The Morgan fingerprint density at radius 3 is 2.94 bits per heavy atom. The van der Waals surface area contributed by atoms with Crippen LogP contribution in [0.2, 0.25) is 0 Å². The molecule has 5 nitrogen and oxygen atoms in total. The molecule has 0 saturated heterocycles. The molecule has 0 aromatic carbocycles. The summed E-state index contributed by atoms with van der Waals surface area (Å²) in [6.45, 7) is 4.22. The molecule has 1 aromatic heterocycles. The number of aryl methyl sites for hydroxylation is 1. The molecule has 0 bridgehead atoms. The van der Waals surface area contributed by atoms with Gasteiger partial charge in [-0.3, -0.25) is 0 Å². The van der Waals surface area contributed by atoms with Gasteiger partial charge in [0.2, 0.25) is 0 Å². The summed E-state index contributed by atoms with van der Waals surface area (Å²) in [5.74, 6) is 1.28. The van der Waals surface area contributed by atoms with Crippen LogP contribution in [0.15, 0.2) is 28.0 Å². The number of nitrogens with zero attached hydrogens (tertiary/aromatic N) is 1. The van der Waals surface area contributed by atoms with E-state index < -0.39 is 0 Å². The van der Waals surface area contributed by atoms with Crippen molar-refractivity contribution in [1.29, 1.82) is 0 Å². The molecule has 2 unspecified atom stereocenters. The fourth-order valence-electron chi connectivity index (χ4n) is 1.91. The molecule has 4 N–H and O–H groups in total. The SMILES string of the molecule is CCC(C/C(N)=N/O)NC(C)CCc1ccco1. The zero-order valence-electron chi connectivity index (χ0n) is 11.1. The third-order valence-electron chi connectivity index (χ3n) is 3.00. The highest BCUT2D eigenvalue weighted by Crippen LogP contribution is 2.07. The van der Waals surface area contributed by atoms with Gasteiger partial charge in [-0.2, -0.15) is 0 Å². The standard InChI is InChI=1S/C13H23N3O2/c1-3-11(9-13(14)16-17)15-10(2)6-7-12-5-4-8-18-12/h4-5,8,10-11,15,17H,3,6-7,9H2,1-2H3,(H2,14,16). The monoisotopic (exact) mass is 253 g/mol. The number of nitrogens with one attached hydrogen (secondary N) is 1. The molecule has 0 aliphatic carbocycles. The molecule has 0 spiro atoms. The predicted octanol–water partition coefficient (Wildman–Crippen LogP) is 2.11. The van der Waals surface area contributed by atoms with Crippen molar-refractivity contribution in [2.75, 3.05) is 0 Å². The van der Waals surface area contributed by atoms with Crippen LogP contribution >= 0.6 is 0 Å². The van der Waals surface area contributed by atoms with Crippen LogP contribution in [0.25, 0.3) is 0 Å². The molecule has 0 saturated carbocycles. The molecule has 5 heteroatoms. The number of furan rings is 1. The smallest absolute Gasteiger partial charge is 0.140 e. The summed E-state index contributed by atoms with van der Waals surface area (Å²) >= 11 is 0. The van der Waals surface area contributed by atoms with Crippen molar-refractivity contribution in [2.45, 2.75) is 51.6 Å². The number of nitrogens with two attached hydrogens (primary N) is 1. The van der Waals surface area contributed by atoms with Crippen LogP contribution in [-0.4, -0.2) is 23.1 Å². The van der Waals surface area contributed by atoms with Crippen molar-refractivity contribution < 1.29 is 9.62 Å². The topological polar surface area (TPSA) is 83.8 Å². The molecule has 1 heterocycles. The van der Waals surface area contributed by atoms with Gasteiger partial charge >= 0.3 is 0 Å². The molecule has 18 heavy (non-hydrogen) atoms. The van der Waals surface area contributed by atoms with E-state index in [9.17, 15) is 0 Å². The van der Waals surface area contributed by atoms with E-state index in [4.69, 9.17) is 15.4 Å². The summed E-state index contributed by atoms with van der Waals surface area (Å²) in [6.07, 6.45) is 5.13. The van der Waals surface area contributed by atoms with Crippen LogP contribution in [-0.2, 0) is 6.42 Å². The zero-order valence-corrected chi connectivity index (χ0v) is 11.1. The van der Waals surface area contributed by atoms with Crippen LogP contribution in [0.5, 0.6) is 0 Å². The Morgan fingerprint density at radius 2 is 2.39 bits per heavy atom. The summed E-state index contributed by atoms with van der Waals surface area (Å²) in [6, 6.07) is 4.50. The molecule has 0 fully saturated rings. The van der Waals surface area contributed by atoms with Crippen LogP contribution in [0.1, 0.15) is 38.9 Å². The summed E-state index contributed by atoms with van der Waals surface area (Å²) in [4.78, 5) is 0. The van der Waals surface area contributed by atoms with Crippen molar-refractivity contribution in [3.63, 3.8) is 0 Å². The van der Waals surface area contributed by atoms with Gasteiger partial charge in [-0.1, -0.05) is 12.1 Å². The van der Waals surface area contributed by atoms with Crippen molar-refractivity contribution in [3.05, 3.63) is 24.2 Å². The van der Waals surface area contributed by atoms with E-state index in [0.717, 1.165) is 25.0 Å². The molecular weight excluding hydrogens is 230 g/mol. The molecule has 0 amide bonds. The van der Waals surface area contributed by atoms with Gasteiger partial charge in [0.05, 0.1) is 6.26 Å². The van der Waals surface area contributed by atoms with Gasteiger partial charge < -0.3 is 20.7 Å². The first-order valence-corrected chi connectivity index (χ1v) is 6.40. The third-order valence-corrected chi connectivity index (χ3v) is 3.00. The van der Waals surface area contributed by atoms with Gasteiger partial charge in [-0.05, 0) is 31.9 Å². The van der Waals surface area contributed by atoms with E-state index in [2.05, 4.69) is 24.3 Å². The van der Waals surface area contributed by atoms with E-state index in [1.807, 2.05) is 12.1 Å². The maximum absolute atomic E-state index is 8.56. The van der Waals surface area contributed by atoms with Crippen LogP contribution < -0.4 is 11.1 Å². The maximum Gasteiger partial charge on any atom is 0.140 e. The molecule has 102 valence electrons. The quantitative estimate of drug-likeness (QED) is 0.287. The lowest BCUT2D eigenvalue weighted by Gasteiger charge is -2.21. The Hall–Kier alpha value is -1.49. The van der Waals surface area contributed by atoms with E-state index in [1.54, 1.807) is 6.26 Å². The summed E-state index contributed by atoms with van der Waals surface area (Å²) in [5.41, 5.74) is 5.52. The van der Waals surface area contributed by atoms with Gasteiger partial charge in [0, 0.05) is 24.9 Å². The summed E-state index contributed by atoms with van der Waals surface area (Å²) in [7, 11) is 0. The maximum atomic E-state index is 8.56. The minimum atomic E-state index is 0.243. The normalized spacial score (nSPS) is 15.6. The predicted molar refractivity (Wildman–Crippen MR) is 71.7 cm³/mol. The lowest BCUT2D eigenvalue weighted by molar-refractivity contribution is 0.314. The Labute approximate surface area is 108 Å². The van der Waals surface area contributed by atoms with E-state index in [1.165, 1.54) is 0 Å². The Bertz CT molecular complexity index is 349. The van der Waals surface area contributed by atoms with Gasteiger partial charge in [-0.25, -0.2) is 0 Å². The first-order valence-electron chi connectivity index (χ1n) is 6.40. The second kappa shape index (κ2) is 7.76. The first-order chi connectivity index (χ1) is 8.65. The largest absolute Gasteiger partial charge is 0.469 e. The fraction of sp³-hybridized carbons (Fsp3) is 0.615. The van der Waals surface area contributed by atoms with E-state index >= 15 is 0 Å². The average Bonchev–Trinajstić information content (AvgIpc) is 2.88. The Morgan fingerprint density at radius 1 is 1.61 bits per heavy atom. The van der Waals surface area contributed by atoms with Crippen molar-refractivity contribution in [2.24, 2.45) is 10.9 Å². The van der Waals surface area contributed by atoms with E-state index in [-0.39, 0.29) is 11.9 Å². The first kappa shape index (κ1) is 14.6. The number of hydrogen-bond donors (Lipinski definition) is 3. The third kappa shape index (κ3) is 5.23. The molecular formula is C13H23N3O2. The molecule has 0 aliphatic rings. The minimum Gasteiger partial charge on any atom is -0.469 e. The van der Waals surface area contributed by atoms with Crippen molar-refractivity contribution in [1.82, 2.24) is 5.32 Å². The van der Waals surface area contributed by atoms with Gasteiger partial charge in [0.15, 0.2) is 0 Å². The van der Waals surface area contributed by atoms with Crippen molar-refractivity contribution in [3.8, 4) is 0 Å². The van der Waals surface area contributed by atoms with E-state index in [0.29, 0.717) is 12.5 Å². The van der Waals surface area contributed by atoms with Crippen molar-refractivity contribution >= 4 is 5.84 Å².